The summed E-state index contributed by atoms with van der Waals surface area (Å²) in [7, 11) is 1.71. The Balaban J connectivity index is 3.44. The third-order valence-electron chi connectivity index (χ3n) is 1.49. The highest BCUT2D eigenvalue weighted by Crippen LogP contribution is 2.29. The number of nitrogens with zero attached hydrogens (tertiary/aromatic N) is 3. The maximum absolute atomic E-state index is 8.71. The lowest BCUT2D eigenvalue weighted by Gasteiger charge is -2.05. The van der Waals surface area contributed by atoms with Gasteiger partial charge >= 0.3 is 0 Å². The molecule has 1 aromatic rings. The van der Waals surface area contributed by atoms with Crippen LogP contribution in [0.5, 0.6) is 0 Å². The summed E-state index contributed by atoms with van der Waals surface area (Å²) < 4.78 is 0. The molecular weight excluding hydrogens is 188 g/mol. The van der Waals surface area contributed by atoms with Crippen LogP contribution in [-0.2, 0) is 0 Å². The Morgan fingerprint density at radius 1 is 1.77 bits per heavy atom. The second-order valence-corrected chi connectivity index (χ2v) is 2.60. The number of nitriles is 1. The van der Waals surface area contributed by atoms with Crippen LogP contribution < -0.4 is 5.32 Å². The largest absolute Gasteiger partial charge is 0.386 e. The molecule has 1 rings (SSSR count). The van der Waals surface area contributed by atoms with Crippen molar-refractivity contribution in [2.24, 2.45) is 4.99 Å². The summed E-state index contributed by atoms with van der Waals surface area (Å²) >= 11 is 5.67. The number of aromatic nitrogens is 1. The third kappa shape index (κ3) is 1.76. The zero-order chi connectivity index (χ0) is 9.84. The van der Waals surface area contributed by atoms with Crippen molar-refractivity contribution in [2.75, 3.05) is 12.4 Å². The summed E-state index contributed by atoms with van der Waals surface area (Å²) in [5.74, 6) is 0. The van der Waals surface area contributed by atoms with Crippen LogP contribution in [0.3, 0.4) is 0 Å². The first-order chi connectivity index (χ1) is 6.22. The minimum absolute atomic E-state index is 0.173. The van der Waals surface area contributed by atoms with Crippen molar-refractivity contribution in [3.63, 3.8) is 0 Å². The lowest BCUT2D eigenvalue weighted by Crippen LogP contribution is -1.93. The first-order valence-electron chi connectivity index (χ1n) is 3.48. The number of anilines is 1. The van der Waals surface area contributed by atoms with Crippen LogP contribution >= 0.6 is 11.6 Å². The average Bonchev–Trinajstić information content (AvgIpc) is 2.16. The van der Waals surface area contributed by atoms with E-state index in [0.717, 1.165) is 0 Å². The molecule has 1 heterocycles. The molecule has 0 aromatic carbocycles. The van der Waals surface area contributed by atoms with Crippen LogP contribution in [0.4, 0.5) is 11.4 Å². The Hall–Kier alpha value is -1.60. The molecule has 0 saturated heterocycles. The van der Waals surface area contributed by atoms with E-state index in [0.29, 0.717) is 11.4 Å². The smallest absolute Gasteiger partial charge is 0.169 e. The topological polar surface area (TPSA) is 61.1 Å². The van der Waals surface area contributed by atoms with Crippen molar-refractivity contribution in [2.45, 2.75) is 0 Å². The van der Waals surface area contributed by atoms with Gasteiger partial charge in [-0.1, -0.05) is 11.6 Å². The summed E-state index contributed by atoms with van der Waals surface area (Å²) in [6.45, 7) is 3.35. The second-order valence-electron chi connectivity index (χ2n) is 2.21. The maximum Gasteiger partial charge on any atom is 0.169 e. The van der Waals surface area contributed by atoms with E-state index >= 15 is 0 Å². The summed E-state index contributed by atoms with van der Waals surface area (Å²) in [6.07, 6.45) is 0. The van der Waals surface area contributed by atoms with Gasteiger partial charge in [-0.05, 0) is 6.72 Å². The zero-order valence-electron chi connectivity index (χ0n) is 7.00. The SMILES string of the molecule is C=Nc1c(NC)cc(Cl)nc1C#N. The van der Waals surface area contributed by atoms with E-state index < -0.39 is 0 Å². The van der Waals surface area contributed by atoms with Gasteiger partial charge in [0.2, 0.25) is 0 Å². The molecule has 0 fully saturated rings. The fourth-order valence-corrected chi connectivity index (χ4v) is 1.13. The molecule has 0 spiro atoms. The van der Waals surface area contributed by atoms with Crippen LogP contribution in [0.1, 0.15) is 5.69 Å². The van der Waals surface area contributed by atoms with Crippen LogP contribution in [-0.4, -0.2) is 18.7 Å². The van der Waals surface area contributed by atoms with E-state index in [9.17, 15) is 0 Å². The van der Waals surface area contributed by atoms with Crippen molar-refractivity contribution in [3.8, 4) is 6.07 Å². The predicted octanol–water partition coefficient (Wildman–Crippen LogP) is 1.98. The lowest BCUT2D eigenvalue weighted by molar-refractivity contribution is 1.24. The van der Waals surface area contributed by atoms with E-state index in [-0.39, 0.29) is 10.8 Å². The van der Waals surface area contributed by atoms with E-state index in [1.165, 1.54) is 0 Å². The van der Waals surface area contributed by atoms with Gasteiger partial charge < -0.3 is 5.32 Å². The Kier molecular flexibility index (Phi) is 2.83. The minimum atomic E-state index is 0.173. The Labute approximate surface area is 80.9 Å². The van der Waals surface area contributed by atoms with Gasteiger partial charge in [0.25, 0.3) is 0 Å². The number of halogens is 1. The standard InChI is InChI=1S/C8H7ClN4/c1-11-5-3-7(9)13-6(4-10)8(5)12-2/h3H,2H2,1H3,(H,11,13). The number of hydrogen-bond acceptors (Lipinski definition) is 4. The number of pyridine rings is 1. The molecule has 0 saturated carbocycles. The summed E-state index contributed by atoms with van der Waals surface area (Å²) in [5.41, 5.74) is 1.24. The minimum Gasteiger partial charge on any atom is -0.386 e. The maximum atomic E-state index is 8.71. The van der Waals surface area contributed by atoms with E-state index in [1.54, 1.807) is 13.1 Å². The monoisotopic (exact) mass is 194 g/mol. The van der Waals surface area contributed by atoms with Crippen molar-refractivity contribution in [3.05, 3.63) is 16.9 Å². The zero-order valence-corrected chi connectivity index (χ0v) is 7.76. The van der Waals surface area contributed by atoms with Gasteiger partial charge in [-0.15, -0.1) is 0 Å². The van der Waals surface area contributed by atoms with Gasteiger partial charge in [-0.25, -0.2) is 4.98 Å². The van der Waals surface area contributed by atoms with Gasteiger partial charge in [0, 0.05) is 13.1 Å². The van der Waals surface area contributed by atoms with Crippen LogP contribution in [0.15, 0.2) is 11.1 Å². The van der Waals surface area contributed by atoms with Crippen LogP contribution in [0.25, 0.3) is 0 Å². The third-order valence-corrected chi connectivity index (χ3v) is 1.69. The summed E-state index contributed by atoms with van der Waals surface area (Å²) in [5, 5.41) is 11.8. The Morgan fingerprint density at radius 2 is 2.46 bits per heavy atom. The molecule has 1 N–H and O–H groups in total. The first kappa shape index (κ1) is 9.49. The molecule has 0 unspecified atom stereocenters. The van der Waals surface area contributed by atoms with Gasteiger partial charge in [-0.2, -0.15) is 5.26 Å². The molecule has 0 aliphatic rings. The molecule has 13 heavy (non-hydrogen) atoms. The summed E-state index contributed by atoms with van der Waals surface area (Å²) in [6, 6.07) is 3.48. The molecule has 66 valence electrons. The highest BCUT2D eigenvalue weighted by molar-refractivity contribution is 6.29. The Bertz CT molecular complexity index is 380. The lowest BCUT2D eigenvalue weighted by atomic mass is 10.2. The fraction of sp³-hybridized carbons (Fsp3) is 0.125. The van der Waals surface area contributed by atoms with Gasteiger partial charge in [-0.3, -0.25) is 4.99 Å². The number of nitrogens with one attached hydrogen (secondary N) is 1. The molecule has 0 radical (unpaired) electrons. The average molecular weight is 195 g/mol. The first-order valence-corrected chi connectivity index (χ1v) is 3.85. The normalized spacial score (nSPS) is 9.00. The number of rotatable bonds is 2. The highest BCUT2D eigenvalue weighted by Gasteiger charge is 2.08. The second kappa shape index (κ2) is 3.87. The number of hydrogen-bond donors (Lipinski definition) is 1. The predicted molar refractivity (Wildman–Crippen MR) is 52.7 cm³/mol. The van der Waals surface area contributed by atoms with Crippen LogP contribution in [0, 0.1) is 11.3 Å². The molecule has 5 heteroatoms. The van der Waals surface area contributed by atoms with E-state index in [2.05, 4.69) is 22.0 Å². The number of aliphatic imine (C=N–C) groups is 1. The molecular formula is C8H7ClN4. The van der Waals surface area contributed by atoms with Gasteiger partial charge in [0.15, 0.2) is 5.69 Å². The van der Waals surface area contributed by atoms with Gasteiger partial charge in [0.1, 0.15) is 16.9 Å². The molecule has 0 bridgehead atoms. The van der Waals surface area contributed by atoms with Crippen molar-refractivity contribution in [1.29, 1.82) is 5.26 Å². The quantitative estimate of drug-likeness (QED) is 0.579. The van der Waals surface area contributed by atoms with Crippen molar-refractivity contribution < 1.29 is 0 Å². The van der Waals surface area contributed by atoms with E-state index in [1.807, 2.05) is 6.07 Å². The molecule has 0 amide bonds. The molecule has 0 aliphatic carbocycles. The van der Waals surface area contributed by atoms with Crippen molar-refractivity contribution in [1.82, 2.24) is 4.98 Å². The molecule has 4 nitrogen and oxygen atoms in total. The fourth-order valence-electron chi connectivity index (χ4n) is 0.936. The highest BCUT2D eigenvalue weighted by atomic mass is 35.5. The molecule has 0 aliphatic heterocycles. The van der Waals surface area contributed by atoms with Crippen molar-refractivity contribution >= 4 is 29.7 Å². The summed E-state index contributed by atoms with van der Waals surface area (Å²) in [4.78, 5) is 7.50. The van der Waals surface area contributed by atoms with Crippen LogP contribution in [0.2, 0.25) is 5.15 Å². The molecule has 0 atom stereocenters. The molecule has 1 aromatic heterocycles. The van der Waals surface area contributed by atoms with Gasteiger partial charge in [0.05, 0.1) is 5.69 Å². The Morgan fingerprint density at radius 3 is 2.92 bits per heavy atom. The van der Waals surface area contributed by atoms with E-state index in [4.69, 9.17) is 16.9 Å².